The fraction of sp³-hybridized carbons (Fsp3) is 0.333. The zero-order valence-corrected chi connectivity index (χ0v) is 12.3. The lowest BCUT2D eigenvalue weighted by Crippen LogP contribution is -2.13. The average molecular weight is 346 g/mol. The average Bonchev–Trinajstić information content (AvgIpc) is 2.34. The molecule has 0 amide bonds. The Kier molecular flexibility index (Phi) is 10.3. The Morgan fingerprint density at radius 2 is 1.33 bits per heavy atom. The maximum absolute atomic E-state index is 10.3. The van der Waals surface area contributed by atoms with Crippen molar-refractivity contribution in [2.24, 2.45) is 0 Å². The number of hydrogen-bond donors (Lipinski definition) is 2. The zero-order chi connectivity index (χ0) is 17.1. The summed E-state index contributed by atoms with van der Waals surface area (Å²) >= 11 is 0. The molecular weight excluding hydrogens is 332 g/mol. The van der Waals surface area contributed by atoms with E-state index in [0.717, 1.165) is 12.2 Å². The number of hydrogen-bond acceptors (Lipinski definition) is 8. The number of carbonyl (C=O) groups excluding carboxylic acids is 2. The first kappa shape index (κ1) is 21.5. The molecule has 12 heteroatoms. The van der Waals surface area contributed by atoms with Crippen LogP contribution >= 0.6 is 0 Å². The molecule has 122 valence electrons. The van der Waals surface area contributed by atoms with Crippen molar-refractivity contribution < 1.29 is 45.0 Å². The molecule has 0 rings (SSSR count). The van der Waals surface area contributed by atoms with Crippen LogP contribution < -0.4 is 0 Å². The Balaban J connectivity index is 0. The molecule has 0 aliphatic carbocycles. The van der Waals surface area contributed by atoms with Crippen molar-refractivity contribution in [2.75, 3.05) is 18.3 Å². The normalized spacial score (nSPS) is 10.6. The Morgan fingerprint density at radius 1 is 0.905 bits per heavy atom. The first-order valence-electron chi connectivity index (χ1n) is 4.90. The monoisotopic (exact) mass is 346 g/mol. The maximum atomic E-state index is 10.3. The van der Waals surface area contributed by atoms with E-state index in [0.29, 0.717) is 0 Å². The Hall–Kier alpha value is -1.76. The van der Waals surface area contributed by atoms with Gasteiger partial charge in [0.25, 0.3) is 10.1 Å². The van der Waals surface area contributed by atoms with Gasteiger partial charge in [0.05, 0.1) is 0 Å². The highest BCUT2D eigenvalue weighted by Gasteiger charge is 2.06. The van der Waals surface area contributed by atoms with E-state index in [4.69, 9.17) is 9.11 Å². The molecule has 0 spiro atoms. The highest BCUT2D eigenvalue weighted by Crippen LogP contribution is 1.85. The third-order valence-electron chi connectivity index (χ3n) is 1.27. The van der Waals surface area contributed by atoms with Crippen molar-refractivity contribution in [1.82, 2.24) is 0 Å². The van der Waals surface area contributed by atoms with Gasteiger partial charge >= 0.3 is 22.1 Å². The Morgan fingerprint density at radius 3 is 1.67 bits per heavy atom. The van der Waals surface area contributed by atoms with Crippen molar-refractivity contribution >= 4 is 32.2 Å². The van der Waals surface area contributed by atoms with Gasteiger partial charge in [-0.25, -0.2) is 9.59 Å². The third-order valence-corrected chi connectivity index (χ3v) is 2.37. The highest BCUT2D eigenvalue weighted by atomic mass is 32.2. The first-order valence-corrected chi connectivity index (χ1v) is 8.12. The van der Waals surface area contributed by atoms with Gasteiger partial charge in [-0.1, -0.05) is 13.2 Å². The van der Waals surface area contributed by atoms with Crippen LogP contribution in [-0.2, 0) is 39.3 Å². The molecule has 0 saturated carbocycles. The lowest BCUT2D eigenvalue weighted by atomic mass is 10.6. The Labute approximate surface area is 121 Å². The van der Waals surface area contributed by atoms with Crippen LogP contribution in [0.4, 0.5) is 0 Å². The van der Waals surface area contributed by atoms with Gasteiger partial charge in [-0.15, -0.1) is 0 Å². The van der Waals surface area contributed by atoms with E-state index in [1.807, 2.05) is 0 Å². The summed E-state index contributed by atoms with van der Waals surface area (Å²) in [5, 5.41) is 0. The van der Waals surface area contributed by atoms with Crippen molar-refractivity contribution in [3.8, 4) is 0 Å². The molecule has 0 aromatic heterocycles. The second-order valence-corrected chi connectivity index (χ2v) is 6.00. The maximum Gasteiger partial charge on any atom is 0.331 e. The molecule has 0 heterocycles. The second-order valence-electron chi connectivity index (χ2n) is 3.02. The molecule has 0 aromatic rings. The number of rotatable bonds is 7. The lowest BCUT2D eigenvalue weighted by Gasteiger charge is -1.97. The summed E-state index contributed by atoms with van der Waals surface area (Å²) in [6.07, 6.45) is 1.70. The van der Waals surface area contributed by atoms with Crippen LogP contribution in [0.25, 0.3) is 0 Å². The van der Waals surface area contributed by atoms with Gasteiger partial charge in [0.15, 0.2) is 0 Å². The van der Waals surface area contributed by atoms with Gasteiger partial charge < -0.3 is 9.47 Å². The molecule has 0 fully saturated rings. The summed E-state index contributed by atoms with van der Waals surface area (Å²) in [7, 11) is -8.26. The number of carbonyl (C=O) groups is 2. The van der Waals surface area contributed by atoms with Gasteiger partial charge in [0.1, 0.15) is 12.4 Å². The fourth-order valence-electron chi connectivity index (χ4n) is 0.498. The van der Waals surface area contributed by atoms with Crippen LogP contribution in [0.5, 0.6) is 0 Å². The minimum absolute atomic E-state index is 0.357. The van der Waals surface area contributed by atoms with Crippen LogP contribution in [0, 0.1) is 0 Å². The minimum atomic E-state index is -4.22. The molecule has 0 saturated heterocycles. The lowest BCUT2D eigenvalue weighted by molar-refractivity contribution is -0.137. The summed E-state index contributed by atoms with van der Waals surface area (Å²) in [4.78, 5) is 20.4. The first-order chi connectivity index (χ1) is 9.41. The zero-order valence-electron chi connectivity index (χ0n) is 10.7. The molecule has 0 atom stereocenters. The SMILES string of the molecule is C=CC(=O)OCCS(=O)(=O)O.C=CC(=O)OCS(=O)(=O)O. The van der Waals surface area contributed by atoms with Gasteiger partial charge in [-0.05, 0) is 0 Å². The van der Waals surface area contributed by atoms with E-state index in [-0.39, 0.29) is 6.61 Å². The van der Waals surface area contributed by atoms with Gasteiger partial charge in [-0.3, -0.25) is 9.11 Å². The van der Waals surface area contributed by atoms with E-state index in [9.17, 15) is 26.4 Å². The fourth-order valence-corrected chi connectivity index (χ4v) is 1.06. The summed E-state index contributed by atoms with van der Waals surface area (Å²) in [6.45, 7) is 5.74. The van der Waals surface area contributed by atoms with E-state index in [1.54, 1.807) is 0 Å². The summed E-state index contributed by atoms with van der Waals surface area (Å²) in [5.74, 6) is -3.23. The predicted octanol–water partition coefficient (Wildman–Crippen LogP) is -0.836. The number of ether oxygens (including phenoxy) is 2. The third kappa shape index (κ3) is 20.7. The summed E-state index contributed by atoms with van der Waals surface area (Å²) in [5.41, 5.74) is 0. The molecule has 0 aliphatic rings. The molecule has 2 N–H and O–H groups in total. The second kappa shape index (κ2) is 10.0. The summed E-state index contributed by atoms with van der Waals surface area (Å²) in [6, 6.07) is 0. The largest absolute Gasteiger partial charge is 0.461 e. The van der Waals surface area contributed by atoms with E-state index in [1.165, 1.54) is 0 Å². The molecule has 0 aromatic carbocycles. The van der Waals surface area contributed by atoms with Gasteiger partial charge in [0, 0.05) is 12.2 Å². The van der Waals surface area contributed by atoms with Crippen LogP contribution in [0.15, 0.2) is 25.3 Å². The van der Waals surface area contributed by atoms with Crippen LogP contribution in [0.2, 0.25) is 0 Å². The predicted molar refractivity (Wildman–Crippen MR) is 70.3 cm³/mol. The summed E-state index contributed by atoms with van der Waals surface area (Å²) < 4.78 is 64.3. The van der Waals surface area contributed by atoms with Gasteiger partial charge in [-0.2, -0.15) is 16.8 Å². The topological polar surface area (TPSA) is 161 Å². The molecular formula is C9H14O10S2. The van der Waals surface area contributed by atoms with Gasteiger partial charge in [0.2, 0.25) is 5.94 Å². The quantitative estimate of drug-likeness (QED) is 0.338. The van der Waals surface area contributed by atoms with E-state index in [2.05, 4.69) is 22.6 Å². The Bertz CT molecular complexity index is 572. The van der Waals surface area contributed by atoms with Crippen LogP contribution in [0.1, 0.15) is 0 Å². The van der Waals surface area contributed by atoms with E-state index < -0.39 is 43.9 Å². The van der Waals surface area contributed by atoms with Crippen molar-refractivity contribution in [3.63, 3.8) is 0 Å². The molecule has 0 unspecified atom stereocenters. The van der Waals surface area contributed by atoms with Crippen molar-refractivity contribution in [2.45, 2.75) is 0 Å². The molecule has 0 radical (unpaired) electrons. The molecule has 21 heavy (non-hydrogen) atoms. The van der Waals surface area contributed by atoms with Crippen LogP contribution in [0.3, 0.4) is 0 Å². The van der Waals surface area contributed by atoms with E-state index >= 15 is 0 Å². The van der Waals surface area contributed by atoms with Crippen molar-refractivity contribution in [3.05, 3.63) is 25.3 Å². The van der Waals surface area contributed by atoms with Crippen LogP contribution in [-0.4, -0.2) is 56.2 Å². The highest BCUT2D eigenvalue weighted by molar-refractivity contribution is 7.85. The standard InChI is InChI=1S/C5H8O5S.C4H6O5S/c1-2-5(6)10-3-4-11(7,8)9;1-2-4(5)9-3-10(6,7)8/h2H,1,3-4H2,(H,7,8,9);2H,1,3H2,(H,6,7,8). The minimum Gasteiger partial charge on any atom is -0.461 e. The molecule has 0 aliphatic heterocycles. The van der Waals surface area contributed by atoms with Crippen molar-refractivity contribution in [1.29, 1.82) is 0 Å². The molecule has 0 bridgehead atoms. The molecule has 10 nitrogen and oxygen atoms in total. The number of esters is 2. The smallest absolute Gasteiger partial charge is 0.331 e.